The summed E-state index contributed by atoms with van der Waals surface area (Å²) in [5.74, 6) is -3.10. The molecule has 128 valence electrons. The highest BCUT2D eigenvalue weighted by molar-refractivity contribution is 5.84. The van der Waals surface area contributed by atoms with Crippen LogP contribution in [-0.4, -0.2) is 58.4 Å². The molecule has 0 aromatic rings. The van der Waals surface area contributed by atoms with E-state index in [0.29, 0.717) is 19.4 Å². The molecule has 2 amide bonds. The van der Waals surface area contributed by atoms with Crippen molar-refractivity contribution in [2.45, 2.75) is 38.6 Å². The van der Waals surface area contributed by atoms with Gasteiger partial charge >= 0.3 is 23.9 Å². The fraction of sp³-hybridized carbons (Fsp3) is 0.667. The molecule has 1 atom stereocenters. The van der Waals surface area contributed by atoms with Crippen LogP contribution in [0.4, 0.5) is 4.79 Å². The highest BCUT2D eigenvalue weighted by Gasteiger charge is 2.19. The molecule has 0 bridgehead atoms. The third kappa shape index (κ3) is 15.7. The fourth-order valence-electron chi connectivity index (χ4n) is 1.12. The second-order valence-corrected chi connectivity index (χ2v) is 4.14. The van der Waals surface area contributed by atoms with E-state index < -0.39 is 36.5 Å². The predicted molar refractivity (Wildman–Crippen MR) is 76.4 cm³/mol. The summed E-state index contributed by atoms with van der Waals surface area (Å²) < 4.78 is 0. The molecule has 0 aliphatic carbocycles. The van der Waals surface area contributed by atoms with E-state index >= 15 is 0 Å². The van der Waals surface area contributed by atoms with E-state index in [1.165, 1.54) is 0 Å². The van der Waals surface area contributed by atoms with Crippen molar-refractivity contribution in [3.63, 3.8) is 0 Å². The molecule has 0 fully saturated rings. The van der Waals surface area contributed by atoms with Crippen molar-refractivity contribution in [1.29, 1.82) is 0 Å². The largest absolute Gasteiger partial charge is 0.481 e. The number of nitrogens with two attached hydrogens (primary N) is 1. The van der Waals surface area contributed by atoms with E-state index in [1.807, 2.05) is 5.32 Å². The van der Waals surface area contributed by atoms with Gasteiger partial charge in [0.15, 0.2) is 0 Å². The number of nitrogens with one attached hydrogen (secondary N) is 2. The van der Waals surface area contributed by atoms with Crippen molar-refractivity contribution in [2.75, 3.05) is 13.1 Å². The van der Waals surface area contributed by atoms with Gasteiger partial charge in [-0.1, -0.05) is 6.92 Å². The van der Waals surface area contributed by atoms with Gasteiger partial charge in [0.25, 0.3) is 0 Å². The maximum absolute atomic E-state index is 11.1. The van der Waals surface area contributed by atoms with E-state index in [-0.39, 0.29) is 12.8 Å². The second-order valence-electron chi connectivity index (χ2n) is 4.14. The van der Waals surface area contributed by atoms with Crippen LogP contribution >= 0.6 is 0 Å². The van der Waals surface area contributed by atoms with E-state index in [2.05, 4.69) is 5.32 Å². The second kappa shape index (κ2) is 13.6. The van der Waals surface area contributed by atoms with Crippen LogP contribution in [0.3, 0.4) is 0 Å². The monoisotopic (exact) mass is 321 g/mol. The minimum Gasteiger partial charge on any atom is -0.481 e. The number of aliphatic carboxylic acids is 3. The van der Waals surface area contributed by atoms with Gasteiger partial charge in [-0.15, -0.1) is 0 Å². The summed E-state index contributed by atoms with van der Waals surface area (Å²) in [4.78, 5) is 41.4. The zero-order valence-electron chi connectivity index (χ0n) is 12.4. The summed E-state index contributed by atoms with van der Waals surface area (Å²) in [5.41, 5.74) is 5.26. The van der Waals surface area contributed by atoms with Crippen LogP contribution in [0, 0.1) is 0 Å². The highest BCUT2D eigenvalue weighted by Crippen LogP contribution is 2.00. The number of hydrogen-bond acceptors (Lipinski definition) is 5. The molecule has 0 heterocycles. The number of unbranched alkanes of at least 4 members (excludes halogenated alkanes) is 1. The lowest BCUT2D eigenvalue weighted by molar-refractivity contribution is -0.139. The van der Waals surface area contributed by atoms with Crippen molar-refractivity contribution < 1.29 is 34.5 Å². The number of carbonyl (C=O) groups is 4. The van der Waals surface area contributed by atoms with Crippen LogP contribution in [-0.2, 0) is 14.4 Å². The molecule has 1 unspecified atom stereocenters. The SMILES string of the molecule is CCC(=O)O.NCCCCC(NC(=O)NCC(=O)O)C(=O)O. The Hall–Kier alpha value is -2.36. The molecule has 0 aliphatic heterocycles. The van der Waals surface area contributed by atoms with Crippen molar-refractivity contribution in [1.82, 2.24) is 10.6 Å². The topological polar surface area (TPSA) is 179 Å². The Kier molecular flexibility index (Phi) is 13.6. The van der Waals surface area contributed by atoms with Gasteiger partial charge in [0.05, 0.1) is 0 Å². The van der Waals surface area contributed by atoms with Crippen molar-refractivity contribution in [3.8, 4) is 0 Å². The van der Waals surface area contributed by atoms with Gasteiger partial charge < -0.3 is 31.7 Å². The number of carboxylic acid groups (broad SMARTS) is 3. The number of hydrogen-bond donors (Lipinski definition) is 6. The Labute approximate surface area is 127 Å². The number of carboxylic acids is 3. The molecule has 0 aliphatic rings. The molecule has 0 saturated heterocycles. The third-order valence-electron chi connectivity index (χ3n) is 2.25. The molecule has 10 nitrogen and oxygen atoms in total. The number of carbonyl (C=O) groups excluding carboxylic acids is 1. The van der Waals surface area contributed by atoms with Crippen molar-refractivity contribution >= 4 is 23.9 Å². The Morgan fingerprint density at radius 2 is 1.59 bits per heavy atom. The molecule has 0 saturated carbocycles. The maximum Gasteiger partial charge on any atom is 0.326 e. The summed E-state index contributed by atoms with van der Waals surface area (Å²) in [5, 5.41) is 29.0. The molecule has 22 heavy (non-hydrogen) atoms. The average Bonchev–Trinajstić information content (AvgIpc) is 2.44. The molecule has 0 aromatic heterocycles. The molecule has 0 spiro atoms. The van der Waals surface area contributed by atoms with Gasteiger partial charge in [-0.3, -0.25) is 9.59 Å². The minimum atomic E-state index is -1.20. The number of urea groups is 1. The first-order valence-corrected chi connectivity index (χ1v) is 6.65. The van der Waals surface area contributed by atoms with Gasteiger partial charge in [-0.2, -0.15) is 0 Å². The standard InChI is InChI=1S/C9H17N3O5.C3H6O2/c10-4-2-1-3-6(8(15)16)12-9(17)11-5-7(13)14;1-2-3(4)5/h6H,1-5,10H2,(H,13,14)(H,15,16)(H2,11,12,17);2H2,1H3,(H,4,5). The first-order valence-electron chi connectivity index (χ1n) is 6.65. The lowest BCUT2D eigenvalue weighted by Crippen LogP contribution is -2.47. The molecular formula is C12H23N3O7. The van der Waals surface area contributed by atoms with Crippen molar-refractivity contribution in [2.24, 2.45) is 5.73 Å². The van der Waals surface area contributed by atoms with Gasteiger partial charge in [-0.05, 0) is 25.8 Å². The number of amides is 2. The average molecular weight is 321 g/mol. The first kappa shape index (κ1) is 21.9. The lowest BCUT2D eigenvalue weighted by Gasteiger charge is -2.14. The zero-order valence-corrected chi connectivity index (χ0v) is 12.4. The summed E-state index contributed by atoms with van der Waals surface area (Å²) in [6, 6.07) is -1.84. The molecule has 7 N–H and O–H groups in total. The maximum atomic E-state index is 11.1. The molecule has 10 heteroatoms. The summed E-state index contributed by atoms with van der Waals surface area (Å²) >= 11 is 0. The molecular weight excluding hydrogens is 298 g/mol. The Morgan fingerprint density at radius 3 is 1.95 bits per heavy atom. The van der Waals surface area contributed by atoms with Crippen LogP contribution < -0.4 is 16.4 Å². The van der Waals surface area contributed by atoms with Gasteiger partial charge in [0.2, 0.25) is 0 Å². The fourth-order valence-corrected chi connectivity index (χ4v) is 1.12. The first-order chi connectivity index (χ1) is 10.2. The number of rotatable bonds is 9. The molecule has 0 aromatic carbocycles. The Balaban J connectivity index is 0. The normalized spacial score (nSPS) is 10.6. The van der Waals surface area contributed by atoms with Crippen LogP contribution in [0.15, 0.2) is 0 Å². The van der Waals surface area contributed by atoms with Gasteiger partial charge in [0.1, 0.15) is 12.6 Å². The molecule has 0 radical (unpaired) electrons. The minimum absolute atomic E-state index is 0.222. The van der Waals surface area contributed by atoms with Gasteiger partial charge in [-0.25, -0.2) is 9.59 Å². The van der Waals surface area contributed by atoms with E-state index in [9.17, 15) is 19.2 Å². The van der Waals surface area contributed by atoms with Crippen LogP contribution in [0.25, 0.3) is 0 Å². The lowest BCUT2D eigenvalue weighted by atomic mass is 10.1. The third-order valence-corrected chi connectivity index (χ3v) is 2.25. The zero-order chi connectivity index (χ0) is 17.5. The van der Waals surface area contributed by atoms with E-state index in [0.717, 1.165) is 0 Å². The van der Waals surface area contributed by atoms with E-state index in [4.69, 9.17) is 21.1 Å². The summed E-state index contributed by atoms with van der Waals surface area (Å²) in [6.07, 6.45) is 1.72. The van der Waals surface area contributed by atoms with E-state index in [1.54, 1.807) is 6.92 Å². The van der Waals surface area contributed by atoms with Crippen LogP contribution in [0.2, 0.25) is 0 Å². The predicted octanol–water partition coefficient (Wildman–Crippen LogP) is -0.567. The smallest absolute Gasteiger partial charge is 0.326 e. The summed E-state index contributed by atoms with van der Waals surface area (Å²) in [7, 11) is 0. The highest BCUT2D eigenvalue weighted by atomic mass is 16.4. The Morgan fingerprint density at radius 1 is 1.05 bits per heavy atom. The Bertz CT molecular complexity index is 374. The van der Waals surface area contributed by atoms with Crippen LogP contribution in [0.1, 0.15) is 32.6 Å². The van der Waals surface area contributed by atoms with Crippen LogP contribution in [0.5, 0.6) is 0 Å². The van der Waals surface area contributed by atoms with Gasteiger partial charge in [0, 0.05) is 6.42 Å². The molecule has 0 rings (SSSR count). The van der Waals surface area contributed by atoms with Crippen molar-refractivity contribution in [3.05, 3.63) is 0 Å². The quantitative estimate of drug-likeness (QED) is 0.305. The summed E-state index contributed by atoms with van der Waals surface area (Å²) in [6.45, 7) is 1.50.